The van der Waals surface area contributed by atoms with E-state index in [1.165, 1.54) is 103 Å². The predicted octanol–water partition coefficient (Wildman–Crippen LogP) is 14.9. The summed E-state index contributed by atoms with van der Waals surface area (Å²) < 4.78 is 0. The summed E-state index contributed by atoms with van der Waals surface area (Å²) in [6.45, 7) is 4.79. The van der Waals surface area contributed by atoms with E-state index in [-0.39, 0.29) is 10.8 Å². The van der Waals surface area contributed by atoms with Crippen LogP contribution in [0.2, 0.25) is 0 Å². The Bertz CT molecular complexity index is 3070. The Kier molecular flexibility index (Phi) is 6.16. The monoisotopic (exact) mass is 755 g/mol. The van der Waals surface area contributed by atoms with Gasteiger partial charge < -0.3 is 4.90 Å². The molecule has 59 heavy (non-hydrogen) atoms. The Morgan fingerprint density at radius 3 is 1.86 bits per heavy atom. The van der Waals surface area contributed by atoms with Gasteiger partial charge in [-0.05, 0) is 162 Å². The predicted molar refractivity (Wildman–Crippen MR) is 244 cm³/mol. The Hall–Kier alpha value is -6.18. The third-order valence-electron chi connectivity index (χ3n) is 17.0. The number of nitrogens with zero attached hydrogens (tertiary/aromatic N) is 1. The SMILES string of the molecule is CC1(C)c2ccccc2-c2ccc(N(c3ccc(-c4cccc5ccccc45)cc3)c3ccc4c(c3)-c3c(-c5ccccc5)cccc3C43C4CC5CC6CC3C564)cc21. The molecule has 1 heteroatoms. The van der Waals surface area contributed by atoms with E-state index in [4.69, 9.17) is 0 Å². The Labute approximate surface area is 347 Å². The first-order chi connectivity index (χ1) is 29.0. The van der Waals surface area contributed by atoms with Crippen molar-refractivity contribution in [3.63, 3.8) is 0 Å². The number of hydrogen-bond acceptors (Lipinski definition) is 1. The first kappa shape index (κ1) is 32.7. The third kappa shape index (κ3) is 3.81. The molecule has 0 saturated heterocycles. The average molecular weight is 756 g/mol. The van der Waals surface area contributed by atoms with Gasteiger partial charge in [-0.1, -0.05) is 153 Å². The number of rotatable bonds is 5. The molecule has 2 spiro atoms. The Morgan fingerprint density at radius 2 is 1.03 bits per heavy atom. The number of fused-ring (bicyclic) bond motifs is 11. The summed E-state index contributed by atoms with van der Waals surface area (Å²) in [6, 6.07) is 67.1. The van der Waals surface area contributed by atoms with Crippen LogP contribution < -0.4 is 4.90 Å². The lowest BCUT2D eigenvalue weighted by molar-refractivity contribution is -0.412. The van der Waals surface area contributed by atoms with Crippen LogP contribution in [0.1, 0.15) is 55.4 Å². The summed E-state index contributed by atoms with van der Waals surface area (Å²) in [6.07, 6.45) is 4.31. The smallest absolute Gasteiger partial charge is 0.0468 e. The fourth-order valence-corrected chi connectivity index (χ4v) is 14.6. The molecule has 4 unspecified atom stereocenters. The van der Waals surface area contributed by atoms with Crippen LogP contribution >= 0.6 is 0 Å². The summed E-state index contributed by atoms with van der Waals surface area (Å²) in [4.78, 5) is 2.54. The summed E-state index contributed by atoms with van der Waals surface area (Å²) in [5.41, 5.74) is 21.1. The van der Waals surface area contributed by atoms with Crippen LogP contribution in [-0.2, 0) is 10.8 Å². The van der Waals surface area contributed by atoms with Crippen molar-refractivity contribution in [2.75, 3.05) is 4.90 Å². The standard InChI is InChI=1S/C58H45N/c1-56(2)49-20-9-8-17-46(49)47-28-26-42(34-52(47)56)59(40-24-22-37(23-25-40)44-18-10-15-35-14-6-7-16-43(35)44)41-27-29-50-48(33-41)55-45(36-12-4-3-5-13-36)19-11-21-51(55)58(50)53-31-38-30-39-32-54(58)57(38,39)53/h3-29,33-34,38-39,53-54H,30-32H2,1-2H3. The number of benzene rings is 8. The van der Waals surface area contributed by atoms with Gasteiger partial charge in [0, 0.05) is 27.9 Å². The van der Waals surface area contributed by atoms with Gasteiger partial charge in [0.15, 0.2) is 0 Å². The molecule has 282 valence electrons. The molecule has 14 rings (SSSR count). The second-order valence-electron chi connectivity index (χ2n) is 19.2. The molecular weight excluding hydrogens is 711 g/mol. The molecule has 4 saturated carbocycles. The van der Waals surface area contributed by atoms with Crippen molar-refractivity contribution >= 4 is 27.8 Å². The zero-order valence-corrected chi connectivity index (χ0v) is 33.6. The van der Waals surface area contributed by atoms with Gasteiger partial charge in [-0.3, -0.25) is 0 Å². The van der Waals surface area contributed by atoms with E-state index in [1.54, 1.807) is 11.1 Å². The van der Waals surface area contributed by atoms with E-state index in [1.807, 2.05) is 0 Å². The van der Waals surface area contributed by atoms with Crippen molar-refractivity contribution in [2.24, 2.45) is 29.1 Å². The lowest BCUT2D eigenvalue weighted by Crippen LogP contribution is -2.88. The highest BCUT2D eigenvalue weighted by molar-refractivity contribution is 5.98. The van der Waals surface area contributed by atoms with E-state index in [0.29, 0.717) is 5.41 Å². The molecule has 6 aliphatic rings. The van der Waals surface area contributed by atoms with E-state index in [0.717, 1.165) is 23.7 Å². The van der Waals surface area contributed by atoms with Crippen molar-refractivity contribution in [3.05, 3.63) is 198 Å². The minimum atomic E-state index is -0.0946. The molecule has 0 N–H and O–H groups in total. The number of anilines is 3. The molecule has 0 aliphatic heterocycles. The summed E-state index contributed by atoms with van der Waals surface area (Å²) >= 11 is 0. The van der Waals surface area contributed by atoms with Gasteiger partial charge in [-0.15, -0.1) is 0 Å². The van der Waals surface area contributed by atoms with Crippen molar-refractivity contribution in [2.45, 2.75) is 43.9 Å². The van der Waals surface area contributed by atoms with E-state index in [9.17, 15) is 0 Å². The quantitative estimate of drug-likeness (QED) is 0.169. The first-order valence-corrected chi connectivity index (χ1v) is 22.0. The molecule has 1 nitrogen and oxygen atoms in total. The molecule has 0 bridgehead atoms. The summed E-state index contributed by atoms with van der Waals surface area (Å²) in [5, 5.41) is 2.56. The molecule has 0 aromatic heterocycles. The number of hydrogen-bond donors (Lipinski definition) is 0. The minimum absolute atomic E-state index is 0.0946. The fourth-order valence-electron chi connectivity index (χ4n) is 14.6. The normalized spacial score (nSPS) is 26.2. The molecule has 8 aromatic carbocycles. The highest BCUT2D eigenvalue weighted by Crippen LogP contribution is 2.95. The first-order valence-electron chi connectivity index (χ1n) is 22.0. The largest absolute Gasteiger partial charge is 0.310 e. The van der Waals surface area contributed by atoms with Crippen molar-refractivity contribution in [1.29, 1.82) is 0 Å². The molecule has 4 atom stereocenters. The van der Waals surface area contributed by atoms with Crippen LogP contribution in [0, 0.1) is 29.1 Å². The van der Waals surface area contributed by atoms with Gasteiger partial charge in [-0.2, -0.15) is 0 Å². The van der Waals surface area contributed by atoms with Crippen molar-refractivity contribution in [1.82, 2.24) is 0 Å². The molecule has 0 amide bonds. The van der Waals surface area contributed by atoms with Crippen LogP contribution in [-0.4, -0.2) is 0 Å². The summed E-state index contributed by atoms with van der Waals surface area (Å²) in [7, 11) is 0. The van der Waals surface area contributed by atoms with Crippen LogP contribution in [0.15, 0.2) is 176 Å². The highest BCUT2D eigenvalue weighted by atomic mass is 15.1. The fraction of sp³-hybridized carbons (Fsp3) is 0.207. The molecule has 0 radical (unpaired) electrons. The van der Waals surface area contributed by atoms with Crippen LogP contribution in [0.3, 0.4) is 0 Å². The van der Waals surface area contributed by atoms with Crippen LogP contribution in [0.4, 0.5) is 17.1 Å². The van der Waals surface area contributed by atoms with Gasteiger partial charge in [0.1, 0.15) is 0 Å². The zero-order chi connectivity index (χ0) is 38.8. The van der Waals surface area contributed by atoms with Gasteiger partial charge in [0.2, 0.25) is 0 Å². The zero-order valence-electron chi connectivity index (χ0n) is 33.6. The molecule has 0 heterocycles. The van der Waals surface area contributed by atoms with Crippen LogP contribution in [0.5, 0.6) is 0 Å². The van der Waals surface area contributed by atoms with E-state index >= 15 is 0 Å². The van der Waals surface area contributed by atoms with Gasteiger partial charge >= 0.3 is 0 Å². The minimum Gasteiger partial charge on any atom is -0.310 e. The van der Waals surface area contributed by atoms with Crippen molar-refractivity contribution < 1.29 is 0 Å². The Balaban J connectivity index is 0.971. The molecular formula is C58H45N. The maximum atomic E-state index is 2.58. The topological polar surface area (TPSA) is 3.24 Å². The molecule has 6 aliphatic carbocycles. The second-order valence-corrected chi connectivity index (χ2v) is 19.2. The van der Waals surface area contributed by atoms with E-state index < -0.39 is 0 Å². The van der Waals surface area contributed by atoms with Crippen molar-refractivity contribution in [3.8, 4) is 44.5 Å². The lowest BCUT2D eigenvalue weighted by atomic mass is 9.11. The molecule has 8 aromatic rings. The summed E-state index contributed by atoms with van der Waals surface area (Å²) in [5.74, 6) is 3.53. The van der Waals surface area contributed by atoms with Crippen LogP contribution in [0.25, 0.3) is 55.3 Å². The average Bonchev–Trinajstić information content (AvgIpc) is 3.68. The lowest BCUT2D eigenvalue weighted by Gasteiger charge is -2.92. The van der Waals surface area contributed by atoms with E-state index in [2.05, 4.69) is 195 Å². The second kappa shape index (κ2) is 11.1. The molecule has 4 fully saturated rings. The maximum absolute atomic E-state index is 2.58. The third-order valence-corrected chi connectivity index (χ3v) is 17.0. The highest BCUT2D eigenvalue weighted by Gasteiger charge is 2.90. The Morgan fingerprint density at radius 1 is 0.424 bits per heavy atom. The van der Waals surface area contributed by atoms with Gasteiger partial charge in [0.25, 0.3) is 0 Å². The van der Waals surface area contributed by atoms with Gasteiger partial charge in [-0.25, -0.2) is 0 Å². The van der Waals surface area contributed by atoms with Gasteiger partial charge in [0.05, 0.1) is 0 Å². The maximum Gasteiger partial charge on any atom is 0.0468 e.